The summed E-state index contributed by atoms with van der Waals surface area (Å²) in [6, 6.07) is 1.99. The Bertz CT molecular complexity index is 597. The van der Waals surface area contributed by atoms with Crippen LogP contribution < -0.4 is 21.9 Å². The number of carboxylic acid groups (broad SMARTS) is 1. The second-order valence-corrected chi connectivity index (χ2v) is 4.95. The van der Waals surface area contributed by atoms with Gasteiger partial charge in [-0.15, -0.1) is 11.3 Å². The number of thiazole rings is 1. The zero-order chi connectivity index (χ0) is 17.1. The number of carboxylic acids is 1. The summed E-state index contributed by atoms with van der Waals surface area (Å²) in [5.41, 5.74) is 12.5. The van der Waals surface area contributed by atoms with E-state index in [9.17, 15) is 0 Å². The number of aliphatic carboxylic acids is 1. The van der Waals surface area contributed by atoms with E-state index in [2.05, 4.69) is 15.3 Å². The van der Waals surface area contributed by atoms with Crippen molar-refractivity contribution in [3.05, 3.63) is 23.8 Å². The maximum absolute atomic E-state index is 8.89. The van der Waals surface area contributed by atoms with Gasteiger partial charge in [-0.25, -0.2) is 4.98 Å². The Labute approximate surface area is 133 Å². The summed E-state index contributed by atoms with van der Waals surface area (Å²) in [4.78, 5) is 17.1. The van der Waals surface area contributed by atoms with Crippen LogP contribution in [0.5, 0.6) is 0 Å². The number of hydrogen-bond acceptors (Lipinski definition) is 6. The van der Waals surface area contributed by atoms with E-state index in [4.69, 9.17) is 21.4 Å². The highest BCUT2D eigenvalue weighted by Gasteiger charge is 2.04. The zero-order valence-corrected chi connectivity index (χ0v) is 13.8. The molecule has 0 unspecified atom stereocenters. The predicted molar refractivity (Wildman–Crippen MR) is 87.7 cm³/mol. The lowest BCUT2D eigenvalue weighted by molar-refractivity contribution is -0.302. The zero-order valence-electron chi connectivity index (χ0n) is 13.0. The molecule has 22 heavy (non-hydrogen) atoms. The highest BCUT2D eigenvalue weighted by molar-refractivity contribution is 7.13. The third kappa shape index (κ3) is 8.72. The van der Waals surface area contributed by atoms with Gasteiger partial charge in [0.2, 0.25) is 5.13 Å². The minimum atomic E-state index is -1.08. The summed E-state index contributed by atoms with van der Waals surface area (Å²) in [5.74, 6) is -1.05. The molecule has 5 N–H and O–H groups in total. The molecule has 0 atom stereocenters. The van der Waals surface area contributed by atoms with Crippen LogP contribution >= 0.6 is 11.3 Å². The number of nitrogens with two attached hydrogens (primary N) is 2. The van der Waals surface area contributed by atoms with Crippen molar-refractivity contribution >= 4 is 28.4 Å². The van der Waals surface area contributed by atoms with Gasteiger partial charge in [0.05, 0.1) is 5.69 Å². The molecule has 0 amide bonds. The standard InChI is InChI=1S/C9H11N5S.C2H7N.C2H4O2/c1-14-3-2-6(4-14)7-5-15-9(12-7)13-8(10)11;1-3-2;1-2(3)4/h2-5H,1H3,(H4,10,11,12,13);3H,1-2H3;1H3,(H,3,4)/p-1. The van der Waals surface area contributed by atoms with Crippen molar-refractivity contribution in [2.75, 3.05) is 14.1 Å². The Hall–Kier alpha value is -2.39. The van der Waals surface area contributed by atoms with Gasteiger partial charge in [0.15, 0.2) is 5.96 Å². The number of nitrogens with zero attached hydrogens (tertiary/aromatic N) is 3. The molecule has 0 saturated heterocycles. The van der Waals surface area contributed by atoms with Crippen LogP contribution in [0.3, 0.4) is 0 Å². The number of aliphatic imine (C=N–C) groups is 1. The van der Waals surface area contributed by atoms with Crippen molar-refractivity contribution in [3.63, 3.8) is 0 Å². The van der Waals surface area contributed by atoms with E-state index in [0.717, 1.165) is 18.2 Å². The van der Waals surface area contributed by atoms with Gasteiger partial charge in [0.25, 0.3) is 0 Å². The Morgan fingerprint density at radius 2 is 2.00 bits per heavy atom. The molecule has 0 aliphatic rings. The summed E-state index contributed by atoms with van der Waals surface area (Å²) in [6.07, 6.45) is 3.96. The fourth-order valence-electron chi connectivity index (χ4n) is 1.21. The van der Waals surface area contributed by atoms with Gasteiger partial charge >= 0.3 is 0 Å². The fourth-order valence-corrected chi connectivity index (χ4v) is 1.93. The van der Waals surface area contributed by atoms with Crippen molar-refractivity contribution in [2.45, 2.75) is 6.92 Å². The third-order valence-electron chi connectivity index (χ3n) is 1.84. The molecule has 0 aromatic carbocycles. The molecule has 2 aromatic rings. The average molecular weight is 325 g/mol. The number of aromatic nitrogens is 2. The summed E-state index contributed by atoms with van der Waals surface area (Å²) < 4.78 is 1.97. The summed E-state index contributed by atoms with van der Waals surface area (Å²) in [7, 11) is 5.72. The van der Waals surface area contributed by atoms with Crippen molar-refractivity contribution in [3.8, 4) is 11.3 Å². The molecule has 8 nitrogen and oxygen atoms in total. The van der Waals surface area contributed by atoms with Crippen molar-refractivity contribution in [1.82, 2.24) is 14.9 Å². The summed E-state index contributed by atoms with van der Waals surface area (Å²) >= 11 is 1.41. The van der Waals surface area contributed by atoms with Crippen LogP contribution in [-0.2, 0) is 11.8 Å². The van der Waals surface area contributed by atoms with E-state index in [1.54, 1.807) is 0 Å². The minimum absolute atomic E-state index is 0.0314. The lowest BCUT2D eigenvalue weighted by atomic mass is 10.3. The van der Waals surface area contributed by atoms with E-state index < -0.39 is 5.97 Å². The van der Waals surface area contributed by atoms with Gasteiger partial charge in [-0.2, -0.15) is 4.99 Å². The van der Waals surface area contributed by atoms with Crippen molar-refractivity contribution < 1.29 is 9.90 Å². The van der Waals surface area contributed by atoms with Crippen LogP contribution in [-0.4, -0.2) is 35.6 Å². The van der Waals surface area contributed by atoms with Gasteiger partial charge in [-0.1, -0.05) is 0 Å². The fraction of sp³-hybridized carbons (Fsp3) is 0.308. The lowest BCUT2D eigenvalue weighted by Gasteiger charge is -1.89. The first-order chi connectivity index (χ1) is 10.3. The highest BCUT2D eigenvalue weighted by Crippen LogP contribution is 2.26. The predicted octanol–water partition coefficient (Wildman–Crippen LogP) is -0.355. The molecule has 0 aliphatic heterocycles. The van der Waals surface area contributed by atoms with Crippen LogP contribution in [0.2, 0.25) is 0 Å². The molecule has 0 radical (unpaired) electrons. The van der Waals surface area contributed by atoms with Crippen LogP contribution in [0, 0.1) is 0 Å². The lowest BCUT2D eigenvalue weighted by Crippen LogP contribution is -2.21. The maximum Gasteiger partial charge on any atom is 0.212 e. The van der Waals surface area contributed by atoms with Crippen LogP contribution in [0.1, 0.15) is 6.92 Å². The number of nitrogens with one attached hydrogen (secondary N) is 1. The molecule has 122 valence electrons. The quantitative estimate of drug-likeness (QED) is 0.510. The Balaban J connectivity index is 0.000000537. The van der Waals surface area contributed by atoms with Crippen molar-refractivity contribution in [1.29, 1.82) is 0 Å². The van der Waals surface area contributed by atoms with Crippen LogP contribution in [0.15, 0.2) is 28.8 Å². The number of rotatable bonds is 2. The third-order valence-corrected chi connectivity index (χ3v) is 2.58. The monoisotopic (exact) mass is 325 g/mol. The van der Waals surface area contributed by atoms with E-state index in [1.165, 1.54) is 11.3 Å². The molecule has 2 rings (SSSR count). The van der Waals surface area contributed by atoms with E-state index in [-0.39, 0.29) is 5.96 Å². The second-order valence-electron chi connectivity index (χ2n) is 4.11. The van der Waals surface area contributed by atoms with Gasteiger partial charge in [-0.3, -0.25) is 0 Å². The Kier molecular flexibility index (Phi) is 9.23. The first-order valence-corrected chi connectivity index (χ1v) is 7.11. The number of hydrogen-bond donors (Lipinski definition) is 3. The molecular weight excluding hydrogens is 304 g/mol. The molecule has 0 spiro atoms. The maximum atomic E-state index is 8.89. The van der Waals surface area contributed by atoms with E-state index in [1.807, 2.05) is 49.6 Å². The Morgan fingerprint density at radius 1 is 1.45 bits per heavy atom. The van der Waals surface area contributed by atoms with Gasteiger partial charge < -0.3 is 31.3 Å². The summed E-state index contributed by atoms with van der Waals surface area (Å²) in [5, 5.41) is 14.1. The first kappa shape index (κ1) is 19.6. The largest absolute Gasteiger partial charge is 0.550 e. The van der Waals surface area contributed by atoms with Crippen LogP contribution in [0.25, 0.3) is 11.3 Å². The molecular formula is C13H21N6O2S-. The molecule has 2 heterocycles. The molecule has 0 bridgehead atoms. The number of guanidine groups is 1. The smallest absolute Gasteiger partial charge is 0.212 e. The molecule has 2 aromatic heterocycles. The second kappa shape index (κ2) is 10.4. The summed E-state index contributed by atoms with van der Waals surface area (Å²) in [6.45, 7) is 0.972. The van der Waals surface area contributed by atoms with Gasteiger partial charge in [0, 0.05) is 36.4 Å². The van der Waals surface area contributed by atoms with Gasteiger partial charge in [-0.05, 0) is 27.1 Å². The van der Waals surface area contributed by atoms with Crippen molar-refractivity contribution in [2.24, 2.45) is 23.5 Å². The number of carbonyl (C=O) groups is 1. The van der Waals surface area contributed by atoms with Gasteiger partial charge in [0.1, 0.15) is 0 Å². The molecule has 0 aliphatic carbocycles. The Morgan fingerprint density at radius 3 is 2.41 bits per heavy atom. The number of carbonyl (C=O) groups excluding carboxylic acids is 1. The first-order valence-electron chi connectivity index (χ1n) is 6.23. The van der Waals surface area contributed by atoms with Crippen LogP contribution in [0.4, 0.5) is 5.13 Å². The topological polar surface area (TPSA) is 134 Å². The SMILES string of the molecule is CC(=O)[O-].CNC.Cn1ccc(-c2csc(N=C(N)N)n2)c1. The normalized spacial score (nSPS) is 8.91. The molecule has 0 saturated carbocycles. The van der Waals surface area contributed by atoms with E-state index >= 15 is 0 Å². The molecule has 9 heteroatoms. The average Bonchev–Trinajstić information content (AvgIpc) is 2.97. The number of aryl methyl sites for hydroxylation is 1. The van der Waals surface area contributed by atoms with E-state index in [0.29, 0.717) is 5.13 Å². The molecule has 0 fully saturated rings. The highest BCUT2D eigenvalue weighted by atomic mass is 32.1. The minimum Gasteiger partial charge on any atom is -0.550 e.